The number of nitrogens with one attached hydrogen (secondary N) is 2. The van der Waals surface area contributed by atoms with Gasteiger partial charge in [0.2, 0.25) is 17.7 Å². The summed E-state index contributed by atoms with van der Waals surface area (Å²) in [6.07, 6.45) is 1.22. The van der Waals surface area contributed by atoms with Crippen LogP contribution in [0.4, 0.5) is 17.3 Å². The van der Waals surface area contributed by atoms with Crippen LogP contribution in [0.25, 0.3) is 10.2 Å². The Hall–Kier alpha value is -3.95. The average molecular weight is 504 g/mol. The molecule has 9 heteroatoms. The van der Waals surface area contributed by atoms with Crippen molar-refractivity contribution in [2.75, 3.05) is 36.9 Å². The fourth-order valence-electron chi connectivity index (χ4n) is 3.50. The molecule has 2 N–H and O–H groups in total. The second-order valence-corrected chi connectivity index (χ2v) is 8.75. The molecule has 2 aromatic heterocycles. The van der Waals surface area contributed by atoms with E-state index in [1.165, 1.54) is 17.4 Å². The van der Waals surface area contributed by atoms with Crippen LogP contribution in [0, 0.1) is 0 Å². The van der Waals surface area contributed by atoms with E-state index in [-0.39, 0.29) is 5.91 Å². The van der Waals surface area contributed by atoms with Crippen molar-refractivity contribution in [3.8, 4) is 17.4 Å². The van der Waals surface area contributed by atoms with Gasteiger partial charge in [0.05, 0.1) is 5.52 Å². The van der Waals surface area contributed by atoms with Gasteiger partial charge in [-0.3, -0.25) is 4.79 Å². The molecule has 0 aliphatic heterocycles. The maximum absolute atomic E-state index is 11.6. The number of carbonyl (C=O) groups excluding carboxylic acids is 1. The van der Waals surface area contributed by atoms with E-state index in [1.807, 2.05) is 35.7 Å². The zero-order valence-electron chi connectivity index (χ0n) is 20.4. The van der Waals surface area contributed by atoms with Crippen LogP contribution >= 0.6 is 11.3 Å². The molecule has 4 aromatic rings. The number of nitrogens with zero attached hydrogens (tertiary/aromatic N) is 3. The molecule has 2 heterocycles. The van der Waals surface area contributed by atoms with Crippen molar-refractivity contribution in [2.24, 2.45) is 0 Å². The summed E-state index contributed by atoms with van der Waals surface area (Å²) in [6, 6.07) is 16.7. The number of hydrogen-bond donors (Lipinski definition) is 2. The Morgan fingerprint density at radius 1 is 1.06 bits per heavy atom. The van der Waals surface area contributed by atoms with Crippen molar-refractivity contribution >= 4 is 44.8 Å². The molecule has 0 saturated carbocycles. The Morgan fingerprint density at radius 2 is 1.86 bits per heavy atom. The Balaban J connectivity index is 1.46. The van der Waals surface area contributed by atoms with Gasteiger partial charge >= 0.3 is 0 Å². The number of fused-ring (bicyclic) bond motifs is 1. The summed E-state index contributed by atoms with van der Waals surface area (Å²) in [4.78, 5) is 23.2. The van der Waals surface area contributed by atoms with E-state index in [9.17, 15) is 4.79 Å². The monoisotopic (exact) mass is 503 g/mol. The third kappa shape index (κ3) is 6.59. The SMILES string of the molecule is C=CC(=O)Nc1cccc(Oc2nc(Nc3ccc(OCCN(CC)CC)cc3)nc3ccsc23)c1. The number of carbonyl (C=O) groups is 1. The van der Waals surface area contributed by atoms with Crippen LogP contribution in [0.2, 0.25) is 0 Å². The lowest BCUT2D eigenvalue weighted by molar-refractivity contribution is -0.111. The molecule has 0 spiro atoms. The molecule has 0 atom stereocenters. The Bertz CT molecular complexity index is 1320. The maximum atomic E-state index is 11.6. The quantitative estimate of drug-likeness (QED) is 0.227. The number of thiophene rings is 1. The predicted molar refractivity (Wildman–Crippen MR) is 146 cm³/mol. The maximum Gasteiger partial charge on any atom is 0.247 e. The average Bonchev–Trinajstić information content (AvgIpc) is 3.37. The fraction of sp³-hybridized carbons (Fsp3) is 0.222. The van der Waals surface area contributed by atoms with Crippen LogP contribution in [0.15, 0.2) is 72.6 Å². The van der Waals surface area contributed by atoms with Crippen LogP contribution in [-0.2, 0) is 4.79 Å². The highest BCUT2D eigenvalue weighted by atomic mass is 32.1. The summed E-state index contributed by atoms with van der Waals surface area (Å²) in [5, 5.41) is 7.92. The molecular formula is C27H29N5O3S. The van der Waals surface area contributed by atoms with Crippen LogP contribution in [0.1, 0.15) is 13.8 Å². The smallest absolute Gasteiger partial charge is 0.247 e. The van der Waals surface area contributed by atoms with Crippen LogP contribution < -0.4 is 20.1 Å². The number of anilines is 3. The summed E-state index contributed by atoms with van der Waals surface area (Å²) in [6.45, 7) is 11.3. The van der Waals surface area contributed by atoms with Gasteiger partial charge in [-0.2, -0.15) is 4.98 Å². The van der Waals surface area contributed by atoms with E-state index in [4.69, 9.17) is 9.47 Å². The number of likely N-dealkylation sites (N-methyl/N-ethyl adjacent to an activating group) is 1. The van der Waals surface area contributed by atoms with E-state index < -0.39 is 0 Å². The van der Waals surface area contributed by atoms with Gasteiger partial charge in [-0.15, -0.1) is 11.3 Å². The normalized spacial score (nSPS) is 10.9. The minimum atomic E-state index is -0.290. The lowest BCUT2D eigenvalue weighted by Gasteiger charge is -2.18. The molecule has 36 heavy (non-hydrogen) atoms. The Kier molecular flexibility index (Phi) is 8.48. The number of benzene rings is 2. The number of aromatic nitrogens is 2. The molecule has 0 unspecified atom stereocenters. The van der Waals surface area contributed by atoms with E-state index in [2.05, 4.69) is 45.9 Å². The van der Waals surface area contributed by atoms with Crippen molar-refractivity contribution in [1.82, 2.24) is 14.9 Å². The Labute approximate surface area is 214 Å². The van der Waals surface area contributed by atoms with E-state index in [1.54, 1.807) is 24.3 Å². The second kappa shape index (κ2) is 12.1. The highest BCUT2D eigenvalue weighted by molar-refractivity contribution is 7.17. The highest BCUT2D eigenvalue weighted by Crippen LogP contribution is 2.33. The Morgan fingerprint density at radius 3 is 2.61 bits per heavy atom. The first kappa shape index (κ1) is 25.2. The van der Waals surface area contributed by atoms with Crippen molar-refractivity contribution in [2.45, 2.75) is 13.8 Å². The molecule has 2 aromatic carbocycles. The van der Waals surface area contributed by atoms with Crippen LogP contribution in [0.5, 0.6) is 17.4 Å². The fourth-order valence-corrected chi connectivity index (χ4v) is 4.26. The van der Waals surface area contributed by atoms with Crippen LogP contribution in [0.3, 0.4) is 0 Å². The molecule has 4 rings (SSSR count). The summed E-state index contributed by atoms with van der Waals surface area (Å²) >= 11 is 1.50. The van der Waals surface area contributed by atoms with Crippen molar-refractivity contribution in [1.29, 1.82) is 0 Å². The molecule has 0 fully saturated rings. The summed E-state index contributed by atoms with van der Waals surface area (Å²) in [5.74, 6) is 1.92. The third-order valence-corrected chi connectivity index (χ3v) is 6.35. The largest absolute Gasteiger partial charge is 0.492 e. The standard InChI is InChI=1S/C27H29N5O3S/c1-4-24(33)28-20-8-7-9-22(18-20)35-26-25-23(14-17-36-25)30-27(31-26)29-19-10-12-21(13-11-19)34-16-15-32(5-2)6-3/h4,7-14,17-18H,1,5-6,15-16H2,2-3H3,(H,28,33)(H,29,30,31). The van der Waals surface area contributed by atoms with Crippen LogP contribution in [-0.4, -0.2) is 47.0 Å². The van der Waals surface area contributed by atoms with Gasteiger partial charge in [0, 0.05) is 24.0 Å². The second-order valence-electron chi connectivity index (χ2n) is 7.84. The van der Waals surface area contributed by atoms with Crippen molar-refractivity contribution < 1.29 is 14.3 Å². The molecule has 186 valence electrons. The number of ether oxygens (including phenoxy) is 2. The topological polar surface area (TPSA) is 88.6 Å². The molecule has 8 nitrogen and oxygen atoms in total. The van der Waals surface area contributed by atoms with Crippen molar-refractivity contribution in [3.63, 3.8) is 0 Å². The van der Waals surface area contributed by atoms with E-state index in [0.29, 0.717) is 29.9 Å². The number of amides is 1. The first-order valence-corrected chi connectivity index (χ1v) is 12.6. The van der Waals surface area contributed by atoms with Gasteiger partial charge in [-0.1, -0.05) is 26.5 Å². The third-order valence-electron chi connectivity index (χ3n) is 5.46. The van der Waals surface area contributed by atoms with E-state index in [0.717, 1.165) is 41.3 Å². The molecule has 0 bridgehead atoms. The minimum Gasteiger partial charge on any atom is -0.492 e. The first-order valence-electron chi connectivity index (χ1n) is 11.8. The van der Waals surface area contributed by atoms with E-state index >= 15 is 0 Å². The van der Waals surface area contributed by atoms with Gasteiger partial charge in [-0.05, 0) is 67.0 Å². The molecule has 0 aliphatic rings. The highest BCUT2D eigenvalue weighted by Gasteiger charge is 2.12. The van der Waals surface area contributed by atoms with Gasteiger partial charge in [0.15, 0.2) is 0 Å². The molecule has 0 aliphatic carbocycles. The molecule has 0 saturated heterocycles. The summed E-state index contributed by atoms with van der Waals surface area (Å²) in [7, 11) is 0. The molecule has 1 amide bonds. The summed E-state index contributed by atoms with van der Waals surface area (Å²) in [5.41, 5.74) is 2.22. The molecular weight excluding hydrogens is 474 g/mol. The lowest BCUT2D eigenvalue weighted by atomic mass is 10.3. The minimum absolute atomic E-state index is 0.290. The molecule has 0 radical (unpaired) electrons. The van der Waals surface area contributed by atoms with Crippen molar-refractivity contribution in [3.05, 3.63) is 72.6 Å². The summed E-state index contributed by atoms with van der Waals surface area (Å²) < 4.78 is 12.8. The zero-order valence-corrected chi connectivity index (χ0v) is 21.2. The zero-order chi connectivity index (χ0) is 25.3. The predicted octanol–water partition coefficient (Wildman–Crippen LogP) is 6.07. The lowest BCUT2D eigenvalue weighted by Crippen LogP contribution is -2.27. The number of hydrogen-bond acceptors (Lipinski definition) is 8. The number of rotatable bonds is 12. The van der Waals surface area contributed by atoms with Gasteiger partial charge in [0.25, 0.3) is 0 Å². The van der Waals surface area contributed by atoms with Gasteiger partial charge < -0.3 is 25.0 Å². The van der Waals surface area contributed by atoms with Gasteiger partial charge in [-0.25, -0.2) is 4.98 Å². The van der Waals surface area contributed by atoms with Gasteiger partial charge in [0.1, 0.15) is 22.8 Å². The first-order chi connectivity index (χ1) is 17.6.